The van der Waals surface area contributed by atoms with Gasteiger partial charge in [0.05, 0.1) is 0 Å². The Balaban J connectivity index is 2.14. The van der Waals surface area contributed by atoms with E-state index in [9.17, 15) is 0 Å². The first-order valence-corrected chi connectivity index (χ1v) is 7.64. The molecule has 0 saturated heterocycles. The molecule has 2 heteroatoms. The van der Waals surface area contributed by atoms with Crippen molar-refractivity contribution >= 4 is 11.8 Å². The molecule has 0 amide bonds. The Morgan fingerprint density at radius 2 is 2.06 bits per heavy atom. The normalized spacial score (nSPS) is 12.6. The molecule has 0 aliphatic rings. The van der Waals surface area contributed by atoms with E-state index in [1.165, 1.54) is 35.5 Å². The molecule has 0 aliphatic carbocycles. The lowest BCUT2D eigenvalue weighted by molar-refractivity contribution is 0.510. The first kappa shape index (κ1) is 14.6. The lowest BCUT2D eigenvalue weighted by atomic mass is 10.2. The average Bonchev–Trinajstić information content (AvgIpc) is 2.34. The molecule has 1 unspecified atom stereocenters. The molecule has 0 bridgehead atoms. The molecular weight excluding hydrogens is 226 g/mol. The smallest absolute Gasteiger partial charge is 0.0101 e. The van der Waals surface area contributed by atoms with Gasteiger partial charge in [0.15, 0.2) is 0 Å². The van der Waals surface area contributed by atoms with Crippen LogP contribution in [0.5, 0.6) is 0 Å². The van der Waals surface area contributed by atoms with E-state index in [2.05, 4.69) is 50.4 Å². The van der Waals surface area contributed by atoms with E-state index in [0.717, 1.165) is 6.54 Å². The Labute approximate surface area is 110 Å². The fourth-order valence-electron chi connectivity index (χ4n) is 1.78. The molecule has 0 aliphatic heterocycles. The SMILES string of the molecule is CCCNC(C)CCCSc1ccccc1C. The number of rotatable bonds is 8. The molecule has 0 aromatic heterocycles. The van der Waals surface area contributed by atoms with Crippen molar-refractivity contribution in [1.29, 1.82) is 0 Å². The second kappa shape index (κ2) is 8.60. The van der Waals surface area contributed by atoms with E-state index < -0.39 is 0 Å². The molecule has 0 fully saturated rings. The van der Waals surface area contributed by atoms with Crippen LogP contribution >= 0.6 is 11.8 Å². The van der Waals surface area contributed by atoms with Gasteiger partial charge in [-0.25, -0.2) is 0 Å². The van der Waals surface area contributed by atoms with Crippen molar-refractivity contribution in [1.82, 2.24) is 5.32 Å². The molecule has 1 aromatic carbocycles. The highest BCUT2D eigenvalue weighted by Gasteiger charge is 2.01. The van der Waals surface area contributed by atoms with E-state index in [1.54, 1.807) is 0 Å². The number of thioether (sulfide) groups is 1. The van der Waals surface area contributed by atoms with Crippen LogP contribution in [0.2, 0.25) is 0 Å². The number of benzene rings is 1. The molecule has 1 rings (SSSR count). The summed E-state index contributed by atoms with van der Waals surface area (Å²) in [6.07, 6.45) is 3.79. The molecule has 17 heavy (non-hydrogen) atoms. The highest BCUT2D eigenvalue weighted by atomic mass is 32.2. The van der Waals surface area contributed by atoms with Crippen molar-refractivity contribution in [2.75, 3.05) is 12.3 Å². The largest absolute Gasteiger partial charge is 0.314 e. The van der Waals surface area contributed by atoms with Crippen molar-refractivity contribution in [3.63, 3.8) is 0 Å². The quantitative estimate of drug-likeness (QED) is 0.547. The van der Waals surface area contributed by atoms with Gasteiger partial charge in [-0.2, -0.15) is 0 Å². The topological polar surface area (TPSA) is 12.0 Å². The molecule has 1 N–H and O–H groups in total. The van der Waals surface area contributed by atoms with Gasteiger partial charge < -0.3 is 5.32 Å². The van der Waals surface area contributed by atoms with E-state index in [4.69, 9.17) is 0 Å². The van der Waals surface area contributed by atoms with Crippen LogP contribution in [0.3, 0.4) is 0 Å². The Hall–Kier alpha value is -0.470. The number of nitrogens with one attached hydrogen (secondary N) is 1. The Morgan fingerprint density at radius 3 is 2.76 bits per heavy atom. The summed E-state index contributed by atoms with van der Waals surface area (Å²) in [5.41, 5.74) is 1.40. The maximum Gasteiger partial charge on any atom is 0.0101 e. The minimum atomic E-state index is 0.660. The highest BCUT2D eigenvalue weighted by molar-refractivity contribution is 7.99. The Morgan fingerprint density at radius 1 is 1.29 bits per heavy atom. The summed E-state index contributed by atoms with van der Waals surface area (Å²) in [5.74, 6) is 1.23. The van der Waals surface area contributed by atoms with Crippen molar-refractivity contribution in [3.05, 3.63) is 29.8 Å². The highest BCUT2D eigenvalue weighted by Crippen LogP contribution is 2.22. The molecule has 1 atom stereocenters. The molecule has 1 nitrogen and oxygen atoms in total. The second-order valence-corrected chi connectivity index (χ2v) is 5.75. The van der Waals surface area contributed by atoms with E-state index in [-0.39, 0.29) is 0 Å². The third-order valence-electron chi connectivity index (χ3n) is 2.88. The Bertz CT molecular complexity index is 312. The lowest BCUT2D eigenvalue weighted by Gasteiger charge is -2.12. The maximum atomic E-state index is 3.53. The molecule has 1 aromatic rings. The molecule has 0 spiro atoms. The van der Waals surface area contributed by atoms with Gasteiger partial charge >= 0.3 is 0 Å². The van der Waals surface area contributed by atoms with Gasteiger partial charge in [0.1, 0.15) is 0 Å². The van der Waals surface area contributed by atoms with Gasteiger partial charge in [0, 0.05) is 10.9 Å². The first-order valence-electron chi connectivity index (χ1n) is 6.66. The molecule has 0 saturated carbocycles. The predicted molar refractivity (Wildman–Crippen MR) is 78.9 cm³/mol. The summed E-state index contributed by atoms with van der Waals surface area (Å²) in [5, 5.41) is 3.53. The van der Waals surface area contributed by atoms with E-state index in [0.29, 0.717) is 6.04 Å². The Kier molecular flexibility index (Phi) is 7.38. The van der Waals surface area contributed by atoms with Crippen LogP contribution < -0.4 is 5.32 Å². The molecule has 96 valence electrons. The third kappa shape index (κ3) is 6.13. The van der Waals surface area contributed by atoms with E-state index >= 15 is 0 Å². The number of hydrogen-bond acceptors (Lipinski definition) is 2. The van der Waals surface area contributed by atoms with Crippen molar-refractivity contribution in [3.8, 4) is 0 Å². The standard InChI is InChI=1S/C15H25NS/c1-4-11-16-14(3)9-7-12-17-15-10-6-5-8-13(15)2/h5-6,8,10,14,16H,4,7,9,11-12H2,1-3H3. The summed E-state index contributed by atoms with van der Waals surface area (Å²) >= 11 is 1.99. The third-order valence-corrected chi connectivity index (χ3v) is 4.14. The van der Waals surface area contributed by atoms with Crippen LogP contribution in [-0.4, -0.2) is 18.3 Å². The van der Waals surface area contributed by atoms with Gasteiger partial charge in [-0.3, -0.25) is 0 Å². The van der Waals surface area contributed by atoms with Crippen LogP contribution in [0.4, 0.5) is 0 Å². The van der Waals surface area contributed by atoms with Gasteiger partial charge in [-0.15, -0.1) is 11.8 Å². The predicted octanol–water partition coefficient (Wildman–Crippen LogP) is 4.26. The zero-order valence-corrected chi connectivity index (χ0v) is 12.1. The fourth-order valence-corrected chi connectivity index (χ4v) is 2.78. The molecular formula is C15H25NS. The van der Waals surface area contributed by atoms with Crippen LogP contribution in [0.1, 0.15) is 38.7 Å². The fraction of sp³-hybridized carbons (Fsp3) is 0.600. The molecule has 0 radical (unpaired) electrons. The van der Waals surface area contributed by atoms with E-state index in [1.807, 2.05) is 11.8 Å². The van der Waals surface area contributed by atoms with Crippen LogP contribution in [0.15, 0.2) is 29.2 Å². The summed E-state index contributed by atoms with van der Waals surface area (Å²) in [7, 11) is 0. The summed E-state index contributed by atoms with van der Waals surface area (Å²) in [6, 6.07) is 9.30. The minimum absolute atomic E-state index is 0.660. The van der Waals surface area contributed by atoms with Gasteiger partial charge in [0.2, 0.25) is 0 Å². The lowest BCUT2D eigenvalue weighted by Crippen LogP contribution is -2.26. The van der Waals surface area contributed by atoms with Crippen LogP contribution in [0.25, 0.3) is 0 Å². The van der Waals surface area contributed by atoms with Gasteiger partial charge in [-0.1, -0.05) is 25.1 Å². The number of aryl methyl sites for hydroxylation is 1. The first-order chi connectivity index (χ1) is 8.24. The summed E-state index contributed by atoms with van der Waals surface area (Å²) < 4.78 is 0. The monoisotopic (exact) mass is 251 g/mol. The maximum absolute atomic E-state index is 3.53. The minimum Gasteiger partial charge on any atom is -0.314 e. The van der Waals surface area contributed by atoms with Crippen LogP contribution in [0, 0.1) is 6.92 Å². The van der Waals surface area contributed by atoms with Gasteiger partial charge in [-0.05, 0) is 57.0 Å². The van der Waals surface area contributed by atoms with Gasteiger partial charge in [0.25, 0.3) is 0 Å². The second-order valence-electron chi connectivity index (χ2n) is 4.61. The zero-order valence-electron chi connectivity index (χ0n) is 11.3. The van der Waals surface area contributed by atoms with Crippen LogP contribution in [-0.2, 0) is 0 Å². The van der Waals surface area contributed by atoms with Crippen molar-refractivity contribution in [2.45, 2.75) is 51.0 Å². The average molecular weight is 251 g/mol. The van der Waals surface area contributed by atoms with Crippen molar-refractivity contribution in [2.24, 2.45) is 0 Å². The molecule has 0 heterocycles. The summed E-state index contributed by atoms with van der Waals surface area (Å²) in [6.45, 7) is 7.84. The van der Waals surface area contributed by atoms with Crippen molar-refractivity contribution < 1.29 is 0 Å². The number of hydrogen-bond donors (Lipinski definition) is 1. The zero-order chi connectivity index (χ0) is 12.5. The summed E-state index contributed by atoms with van der Waals surface area (Å²) in [4.78, 5) is 1.43.